The van der Waals surface area contributed by atoms with Crippen molar-refractivity contribution in [3.63, 3.8) is 0 Å². The van der Waals surface area contributed by atoms with E-state index in [1.165, 1.54) is 103 Å². The summed E-state index contributed by atoms with van der Waals surface area (Å²) in [5.41, 5.74) is 0.690. The lowest BCUT2D eigenvalue weighted by atomic mass is 9.70. The zero-order valence-corrected chi connectivity index (χ0v) is 72.0. The minimum atomic E-state index is -0.438. The summed E-state index contributed by atoms with van der Waals surface area (Å²) in [7, 11) is 1.48. The van der Waals surface area contributed by atoms with Crippen LogP contribution in [0, 0.1) is 198 Å². The molecular weight excluding hydrogens is 1490 g/mol. The van der Waals surface area contributed by atoms with E-state index in [4.69, 9.17) is 56.8 Å². The molecule has 0 aromatic rings. The Labute approximate surface area is 695 Å². The molecule has 20 bridgehead atoms. The number of fused-ring (bicyclic) bond motifs is 20. The molecule has 0 aromatic carbocycles. The fourth-order valence-corrected chi connectivity index (χ4v) is 29.8. The first-order valence-corrected chi connectivity index (χ1v) is 46.4. The van der Waals surface area contributed by atoms with Gasteiger partial charge >= 0.3 is 47.8 Å². The predicted octanol–water partition coefficient (Wildman–Crippen LogP) is 16.5. The van der Waals surface area contributed by atoms with E-state index < -0.39 is 41.4 Å². The maximum absolute atomic E-state index is 13.4. The molecular formula is C97H138O20. The highest BCUT2D eigenvalue weighted by atomic mass is 16.7. The number of methoxy groups -OCH3 is 1. The molecule has 20 nitrogen and oxygen atoms in total. The molecule has 34 atom stereocenters. The molecule has 20 aliphatic carbocycles. The zero-order valence-electron chi connectivity index (χ0n) is 72.0. The van der Waals surface area contributed by atoms with Crippen molar-refractivity contribution in [1.29, 1.82) is 0 Å². The Morgan fingerprint density at radius 2 is 0.556 bits per heavy atom. The summed E-state index contributed by atoms with van der Waals surface area (Å²) in [4.78, 5) is 104. The lowest BCUT2D eigenvalue weighted by molar-refractivity contribution is -0.175. The third kappa shape index (κ3) is 15.0. The number of rotatable bonds is 26. The first-order chi connectivity index (χ1) is 56.0. The summed E-state index contributed by atoms with van der Waals surface area (Å²) in [5, 5.41) is 0. The predicted molar refractivity (Wildman–Crippen MR) is 430 cm³/mol. The summed E-state index contributed by atoms with van der Waals surface area (Å²) in [6.07, 6.45) is 45.6. The van der Waals surface area contributed by atoms with Gasteiger partial charge in [0.25, 0.3) is 0 Å². The van der Waals surface area contributed by atoms with E-state index in [1.54, 1.807) is 0 Å². The largest absolute Gasteiger partial charge is 0.465 e. The van der Waals surface area contributed by atoms with Gasteiger partial charge in [0.2, 0.25) is 0 Å². The topological polar surface area (TPSA) is 247 Å². The molecule has 16 saturated carbocycles. The summed E-state index contributed by atoms with van der Waals surface area (Å²) in [6, 6.07) is 0. The van der Waals surface area contributed by atoms with Crippen molar-refractivity contribution in [3.05, 3.63) is 48.6 Å². The molecule has 0 saturated heterocycles. The second kappa shape index (κ2) is 33.0. The monoisotopic (exact) mass is 1620 g/mol. The second-order valence-corrected chi connectivity index (χ2v) is 43.4. The summed E-state index contributed by atoms with van der Waals surface area (Å²) in [5.74, 6) is 3.97. The molecule has 0 amide bonds. The number of hydrogen-bond donors (Lipinski definition) is 0. The maximum atomic E-state index is 13.4. The van der Waals surface area contributed by atoms with Gasteiger partial charge in [-0.3, -0.25) is 38.4 Å². The molecule has 0 aromatic heterocycles. The van der Waals surface area contributed by atoms with Gasteiger partial charge in [-0.25, -0.2) is 0 Å². The van der Waals surface area contributed by atoms with E-state index in [0.717, 1.165) is 99.7 Å². The molecule has 0 heterocycles. The molecule has 646 valence electrons. The maximum Gasteiger partial charge on any atom is 0.312 e. The van der Waals surface area contributed by atoms with Crippen LogP contribution in [-0.4, -0.2) is 127 Å². The summed E-state index contributed by atoms with van der Waals surface area (Å²) in [6.45, 7) is 24.9. The van der Waals surface area contributed by atoms with Gasteiger partial charge < -0.3 is 56.8 Å². The van der Waals surface area contributed by atoms with Crippen molar-refractivity contribution >= 4 is 47.8 Å². The van der Waals surface area contributed by atoms with Crippen molar-refractivity contribution in [3.8, 4) is 0 Å². The van der Waals surface area contributed by atoms with Crippen LogP contribution < -0.4 is 0 Å². The molecule has 20 rings (SSSR count). The van der Waals surface area contributed by atoms with E-state index in [1.807, 2.05) is 6.92 Å². The number of carbonyl (C=O) groups is 8. The van der Waals surface area contributed by atoms with Gasteiger partial charge in [0.1, 0.15) is 18.3 Å². The molecule has 0 spiro atoms. The van der Waals surface area contributed by atoms with Crippen LogP contribution in [0.4, 0.5) is 0 Å². The van der Waals surface area contributed by atoms with Crippen LogP contribution in [0.1, 0.15) is 230 Å². The van der Waals surface area contributed by atoms with Crippen LogP contribution in [0.2, 0.25) is 0 Å². The van der Waals surface area contributed by atoms with Crippen molar-refractivity contribution in [2.45, 2.75) is 248 Å². The molecule has 117 heavy (non-hydrogen) atoms. The standard InChI is InChI=1S/C28H40O5.C26H36O5.C22H32O5.C21H30O5/c1-27(2)21-8-9-28(27,3)22(13-21)33-26(30)24-19-7-6-18(12-19)23(24)25(29)32-15-31-14-20-11-16-4-5-17(20)10-16;27-25(30-13-22-10-16-2-4-18(22)8-16)23-19-5-6-20(11-19)24(23)26(28)31-14-29-12-21-9-15-1-3-17(21)7-15;1-5-25-12-26-19(23)17-13-6-7-14(10-13)18(17)20(24)27-16-11-15-8-9-22(16,4)21(15,2)3;1-20(2)14-7-8-21(20,3)15(10-14)26-19(23)17-13-6-5-12(9-13)16(17)18(22)25-11-24-4/h6-7,16-24H,4-5,8-15H2,1-3H3;5-6,15-24H,1-4,7-14H2;6-7,13-18H,5,8-12H2,1-4H3;5-6,12-17H,7-11H2,1-4H3. The SMILES string of the molecule is CC1(C)C2CCC1(C)C(OC(=O)C1C3C=CC(C3)C1C(=O)OCOCC1CC3CCC1C3)C2.CCOCOC(=O)C1C2C=CC(C2)C1C(=O)OC1CC2CCC1(C)C2(C)C.COCOC(=O)C1C2C=CC(C2)C1C(=O)OC1CC2CCC1(C)C2(C)C.O=C(OCOCC1CC2CCC1C2)C1C2C=CC(C2)C1C(=O)OCC1CC2CCC1C2. The lowest BCUT2D eigenvalue weighted by Crippen LogP contribution is -2.42. The minimum absolute atomic E-state index is 0.00263. The van der Waals surface area contributed by atoms with Crippen LogP contribution in [0.3, 0.4) is 0 Å². The van der Waals surface area contributed by atoms with Crippen LogP contribution in [0.5, 0.6) is 0 Å². The molecule has 34 unspecified atom stereocenters. The Bertz CT molecular complexity index is 3850. The molecule has 0 radical (unpaired) electrons. The Balaban J connectivity index is 0.000000113. The highest BCUT2D eigenvalue weighted by Crippen LogP contribution is 2.70. The van der Waals surface area contributed by atoms with Crippen molar-refractivity contribution in [1.82, 2.24) is 0 Å². The highest BCUT2D eigenvalue weighted by molar-refractivity contribution is 5.87. The van der Waals surface area contributed by atoms with Gasteiger partial charge in [0.05, 0.1) is 67.2 Å². The van der Waals surface area contributed by atoms with E-state index in [2.05, 4.69) is 111 Å². The van der Waals surface area contributed by atoms with Gasteiger partial charge in [-0.15, -0.1) is 0 Å². The normalized spacial score (nSPS) is 45.6. The Morgan fingerprint density at radius 1 is 0.291 bits per heavy atom. The van der Waals surface area contributed by atoms with Gasteiger partial charge in [-0.05, 0) is 283 Å². The highest BCUT2D eigenvalue weighted by Gasteiger charge is 2.68. The zero-order chi connectivity index (χ0) is 82.0. The number of ether oxygens (including phenoxy) is 12. The van der Waals surface area contributed by atoms with E-state index in [9.17, 15) is 38.4 Å². The quantitative estimate of drug-likeness (QED) is 0.0257. The Morgan fingerprint density at radius 3 is 0.795 bits per heavy atom. The van der Waals surface area contributed by atoms with Gasteiger partial charge in [0, 0.05) is 30.0 Å². The van der Waals surface area contributed by atoms with E-state index in [0.29, 0.717) is 61.9 Å². The number of allylic oxidation sites excluding steroid dienone is 8. The van der Waals surface area contributed by atoms with E-state index in [-0.39, 0.29) is 179 Å². The summed E-state index contributed by atoms with van der Waals surface area (Å²) >= 11 is 0. The van der Waals surface area contributed by atoms with E-state index >= 15 is 0 Å². The first kappa shape index (κ1) is 83.8. The number of carbonyl (C=O) groups excluding carboxylic acids is 8. The molecule has 20 aliphatic rings. The lowest BCUT2D eigenvalue weighted by Gasteiger charge is -2.39. The molecule has 0 aliphatic heterocycles. The third-order valence-corrected chi connectivity index (χ3v) is 38.1. The van der Waals surface area contributed by atoms with Crippen molar-refractivity contribution in [2.24, 2.45) is 198 Å². The minimum Gasteiger partial charge on any atom is -0.465 e. The Hall–Kier alpha value is -5.44. The van der Waals surface area contributed by atoms with Crippen LogP contribution in [-0.2, 0) is 95.2 Å². The first-order valence-electron chi connectivity index (χ1n) is 46.4. The molecule has 16 fully saturated rings. The Kier molecular flexibility index (Phi) is 23.6. The van der Waals surface area contributed by atoms with Crippen LogP contribution >= 0.6 is 0 Å². The van der Waals surface area contributed by atoms with Crippen LogP contribution in [0.25, 0.3) is 0 Å². The summed E-state index contributed by atoms with van der Waals surface area (Å²) < 4.78 is 67.3. The van der Waals surface area contributed by atoms with Gasteiger partial charge in [-0.2, -0.15) is 0 Å². The fraction of sp³-hybridized carbons (Fsp3) is 0.835. The van der Waals surface area contributed by atoms with Crippen LogP contribution in [0.15, 0.2) is 48.6 Å². The third-order valence-electron chi connectivity index (χ3n) is 38.1. The average molecular weight is 1620 g/mol. The second-order valence-electron chi connectivity index (χ2n) is 43.4. The number of hydrogen-bond acceptors (Lipinski definition) is 20. The van der Waals surface area contributed by atoms with Gasteiger partial charge in [0.15, 0.2) is 27.2 Å². The average Bonchev–Trinajstić information content (AvgIpc) is 1.56. The molecule has 0 N–H and O–H groups in total. The fourth-order valence-electron chi connectivity index (χ4n) is 29.8. The number of esters is 8. The molecule has 20 heteroatoms. The van der Waals surface area contributed by atoms with Crippen molar-refractivity contribution < 1.29 is 95.2 Å². The van der Waals surface area contributed by atoms with Crippen molar-refractivity contribution in [2.75, 3.05) is 60.7 Å². The smallest absolute Gasteiger partial charge is 0.312 e. The van der Waals surface area contributed by atoms with Gasteiger partial charge in [-0.1, -0.05) is 130 Å².